The number of nitrogens with one attached hydrogen (secondary N) is 1. The van der Waals surface area contributed by atoms with Gasteiger partial charge in [-0.05, 0) is 82.7 Å². The van der Waals surface area contributed by atoms with Gasteiger partial charge in [-0.3, -0.25) is 4.98 Å². The number of carbonyl (C=O) groups is 1. The molecule has 1 fully saturated rings. The zero-order chi connectivity index (χ0) is 23.3. The first-order valence-corrected chi connectivity index (χ1v) is 11.8. The van der Waals surface area contributed by atoms with Crippen LogP contribution in [-0.4, -0.2) is 59.7 Å². The Morgan fingerprint density at radius 1 is 1.16 bits per heavy atom. The van der Waals surface area contributed by atoms with E-state index in [0.717, 1.165) is 35.5 Å². The Morgan fingerprint density at radius 3 is 2.44 bits per heavy atom. The fraction of sp³-hybridized carbons (Fsp3) is 0.480. The molecule has 4 rings (SSSR count). The zero-order valence-electron chi connectivity index (χ0n) is 19.7. The Hall–Kier alpha value is -2.28. The van der Waals surface area contributed by atoms with E-state index in [0.29, 0.717) is 12.3 Å². The maximum Gasteiger partial charge on any atom is 0.121 e. The van der Waals surface area contributed by atoms with E-state index in [4.69, 9.17) is 16.7 Å². The molecule has 0 radical (unpaired) electrons. The minimum Gasteiger partial charge on any atom is -0.319 e. The van der Waals surface area contributed by atoms with Gasteiger partial charge in [0, 0.05) is 29.6 Å². The number of rotatable bonds is 6. The standard InChI is InChI=1S/C19H21ClN4.C4H9NO.C2H6/c1-23-10-7-14(8-11-23)12-18-17-6-9-21-13-19(17)24(22-18)16-4-2-15(20)3-5-16;1-5-3-2-4-6;1-2/h2-6,9,13-14H,7-8,10-12H2,1H3;4-5H,2-3H2,1H3;1-2H3. The van der Waals surface area contributed by atoms with E-state index >= 15 is 0 Å². The molecule has 0 unspecified atom stereocenters. The number of carbonyl (C=O) groups excluding carboxylic acids is 1. The summed E-state index contributed by atoms with van der Waals surface area (Å²) in [6.07, 6.45) is 8.80. The molecule has 6 nitrogen and oxygen atoms in total. The predicted octanol–water partition coefficient (Wildman–Crippen LogP) is 4.78. The Bertz CT molecular complexity index is 933. The summed E-state index contributed by atoms with van der Waals surface area (Å²) in [5, 5.41) is 9.70. The number of hydrogen-bond donors (Lipinski definition) is 1. The lowest BCUT2D eigenvalue weighted by atomic mass is 9.92. The molecule has 0 spiro atoms. The number of aromatic nitrogens is 3. The lowest BCUT2D eigenvalue weighted by Crippen LogP contribution is -2.31. The fourth-order valence-corrected chi connectivity index (χ4v) is 3.83. The third kappa shape index (κ3) is 7.40. The van der Waals surface area contributed by atoms with Gasteiger partial charge in [0.15, 0.2) is 0 Å². The summed E-state index contributed by atoms with van der Waals surface area (Å²) in [7, 11) is 4.02. The summed E-state index contributed by atoms with van der Waals surface area (Å²) in [6, 6.07) is 9.89. The Morgan fingerprint density at radius 2 is 1.84 bits per heavy atom. The van der Waals surface area contributed by atoms with Crippen LogP contribution in [0.3, 0.4) is 0 Å². The molecule has 0 saturated carbocycles. The topological polar surface area (TPSA) is 63.1 Å². The van der Waals surface area contributed by atoms with Gasteiger partial charge in [-0.15, -0.1) is 0 Å². The maximum atomic E-state index is 9.52. The number of likely N-dealkylation sites (tertiary alicyclic amines) is 1. The number of fused-ring (bicyclic) bond motifs is 1. The molecule has 1 aromatic carbocycles. The summed E-state index contributed by atoms with van der Waals surface area (Å²) < 4.78 is 1.99. The van der Waals surface area contributed by atoms with Gasteiger partial charge in [-0.25, -0.2) is 4.68 Å². The summed E-state index contributed by atoms with van der Waals surface area (Å²) in [5.41, 5.74) is 3.26. The van der Waals surface area contributed by atoms with Crippen molar-refractivity contribution in [3.05, 3.63) is 53.4 Å². The van der Waals surface area contributed by atoms with Crippen LogP contribution >= 0.6 is 11.6 Å². The van der Waals surface area contributed by atoms with Crippen molar-refractivity contribution in [2.24, 2.45) is 5.92 Å². The van der Waals surface area contributed by atoms with Crippen molar-refractivity contribution >= 4 is 28.8 Å². The summed E-state index contributed by atoms with van der Waals surface area (Å²) >= 11 is 6.02. The van der Waals surface area contributed by atoms with Crippen LogP contribution in [0.15, 0.2) is 42.7 Å². The lowest BCUT2D eigenvalue weighted by Gasteiger charge is -2.28. The monoisotopic (exact) mass is 457 g/mol. The van der Waals surface area contributed by atoms with Gasteiger partial charge in [0.05, 0.1) is 23.1 Å². The van der Waals surface area contributed by atoms with Crippen molar-refractivity contribution in [2.45, 2.75) is 39.5 Å². The van der Waals surface area contributed by atoms with Crippen molar-refractivity contribution in [1.29, 1.82) is 0 Å². The Balaban J connectivity index is 0.000000396. The van der Waals surface area contributed by atoms with Crippen molar-refractivity contribution in [3.8, 4) is 5.69 Å². The highest BCUT2D eigenvalue weighted by Gasteiger charge is 2.20. The van der Waals surface area contributed by atoms with E-state index in [1.54, 1.807) is 0 Å². The van der Waals surface area contributed by atoms with Gasteiger partial charge in [-0.1, -0.05) is 25.4 Å². The molecule has 0 atom stereocenters. The summed E-state index contributed by atoms with van der Waals surface area (Å²) in [5.74, 6) is 0.714. The quantitative estimate of drug-likeness (QED) is 0.426. The number of piperidine rings is 1. The number of benzene rings is 1. The van der Waals surface area contributed by atoms with Gasteiger partial charge < -0.3 is 15.0 Å². The molecule has 3 aromatic rings. The highest BCUT2D eigenvalue weighted by Crippen LogP contribution is 2.27. The molecule has 1 saturated heterocycles. The molecule has 7 heteroatoms. The number of halogens is 1. The molecule has 3 heterocycles. The second-order valence-corrected chi connectivity index (χ2v) is 8.17. The normalized spacial score (nSPS) is 14.3. The highest BCUT2D eigenvalue weighted by atomic mass is 35.5. The van der Waals surface area contributed by atoms with E-state index in [1.165, 1.54) is 37.0 Å². The molecule has 1 N–H and O–H groups in total. The van der Waals surface area contributed by atoms with Gasteiger partial charge in [-0.2, -0.15) is 5.10 Å². The Kier molecular flexibility index (Phi) is 11.4. The van der Waals surface area contributed by atoms with E-state index in [1.807, 2.05) is 62.2 Å². The maximum absolute atomic E-state index is 9.52. The zero-order valence-corrected chi connectivity index (χ0v) is 20.5. The van der Waals surface area contributed by atoms with E-state index in [-0.39, 0.29) is 0 Å². The third-order valence-electron chi connectivity index (χ3n) is 5.46. The van der Waals surface area contributed by atoms with Crippen molar-refractivity contribution in [1.82, 2.24) is 25.0 Å². The average Bonchev–Trinajstić information content (AvgIpc) is 3.20. The molecule has 0 amide bonds. The van der Waals surface area contributed by atoms with E-state index in [9.17, 15) is 4.79 Å². The van der Waals surface area contributed by atoms with Crippen LogP contribution in [0.2, 0.25) is 5.02 Å². The van der Waals surface area contributed by atoms with Crippen LogP contribution < -0.4 is 5.32 Å². The number of hydrogen-bond acceptors (Lipinski definition) is 5. The first-order valence-electron chi connectivity index (χ1n) is 11.5. The van der Waals surface area contributed by atoms with Crippen molar-refractivity contribution in [3.63, 3.8) is 0 Å². The minimum atomic E-state index is 0.622. The number of nitrogens with zero attached hydrogens (tertiary/aromatic N) is 4. The molecule has 0 bridgehead atoms. The van der Waals surface area contributed by atoms with Gasteiger partial charge in [0.1, 0.15) is 6.29 Å². The van der Waals surface area contributed by atoms with Gasteiger partial charge in [0.2, 0.25) is 0 Å². The molecule has 2 aromatic heterocycles. The van der Waals surface area contributed by atoms with Crippen molar-refractivity contribution < 1.29 is 4.79 Å². The molecule has 1 aliphatic rings. The Labute approximate surface area is 197 Å². The smallest absolute Gasteiger partial charge is 0.121 e. The lowest BCUT2D eigenvalue weighted by molar-refractivity contribution is -0.107. The second-order valence-electron chi connectivity index (χ2n) is 7.74. The first-order chi connectivity index (χ1) is 15.6. The van der Waals surface area contributed by atoms with Gasteiger partial charge in [0.25, 0.3) is 0 Å². The molecular formula is C25H36ClN5O. The first kappa shape index (κ1) is 26.0. The molecule has 32 heavy (non-hydrogen) atoms. The van der Waals surface area contributed by atoms with Gasteiger partial charge >= 0.3 is 0 Å². The van der Waals surface area contributed by atoms with Crippen LogP contribution in [0, 0.1) is 5.92 Å². The van der Waals surface area contributed by atoms with E-state index in [2.05, 4.69) is 28.3 Å². The largest absolute Gasteiger partial charge is 0.319 e. The molecule has 174 valence electrons. The number of aldehydes is 1. The van der Waals surface area contributed by atoms with Crippen LogP contribution in [0.4, 0.5) is 0 Å². The summed E-state index contributed by atoms with van der Waals surface area (Å²) in [4.78, 5) is 16.2. The minimum absolute atomic E-state index is 0.622. The third-order valence-corrected chi connectivity index (χ3v) is 5.72. The molecular weight excluding hydrogens is 422 g/mol. The second kappa shape index (κ2) is 14.0. The highest BCUT2D eigenvalue weighted by molar-refractivity contribution is 6.30. The molecule has 1 aliphatic heterocycles. The predicted molar refractivity (Wildman–Crippen MR) is 134 cm³/mol. The van der Waals surface area contributed by atoms with Crippen LogP contribution in [-0.2, 0) is 11.2 Å². The SMILES string of the molecule is CC.CN1CCC(Cc2nn(-c3ccc(Cl)cc3)c3cnccc23)CC1.CNCCC=O. The van der Waals surface area contributed by atoms with Crippen molar-refractivity contribution in [2.75, 3.05) is 33.7 Å². The van der Waals surface area contributed by atoms with Crippen LogP contribution in [0.5, 0.6) is 0 Å². The van der Waals surface area contributed by atoms with Crippen LogP contribution in [0.25, 0.3) is 16.6 Å². The average molecular weight is 458 g/mol. The molecule has 0 aliphatic carbocycles. The summed E-state index contributed by atoms with van der Waals surface area (Å²) in [6.45, 7) is 7.16. The number of pyridine rings is 1. The van der Waals surface area contributed by atoms with E-state index < -0.39 is 0 Å². The fourth-order valence-electron chi connectivity index (χ4n) is 3.70. The van der Waals surface area contributed by atoms with Crippen LogP contribution in [0.1, 0.15) is 38.8 Å².